The molecule has 0 amide bonds. The first-order chi connectivity index (χ1) is 14.1. The second-order valence-electron chi connectivity index (χ2n) is 6.75. The van der Waals surface area contributed by atoms with Crippen molar-refractivity contribution in [2.45, 2.75) is 18.9 Å². The number of ether oxygens (including phenoxy) is 2. The largest absolute Gasteiger partial charge is 0.474 e. The Hall–Kier alpha value is -3.46. The quantitative estimate of drug-likeness (QED) is 0.485. The van der Waals surface area contributed by atoms with Crippen molar-refractivity contribution in [3.8, 4) is 27.7 Å². The first-order valence-electron chi connectivity index (χ1n) is 9.06. The number of pyridine rings is 2. The Morgan fingerprint density at radius 2 is 2.10 bits per heavy atom. The van der Waals surface area contributed by atoms with Gasteiger partial charge in [0.2, 0.25) is 5.88 Å². The highest BCUT2D eigenvalue weighted by Gasteiger charge is 2.26. The van der Waals surface area contributed by atoms with Gasteiger partial charge in [0.25, 0.3) is 0 Å². The molecule has 1 fully saturated rings. The van der Waals surface area contributed by atoms with E-state index >= 15 is 0 Å². The molecular formula is C20H17N5O3S. The lowest BCUT2D eigenvalue weighted by Gasteiger charge is -2.10. The van der Waals surface area contributed by atoms with Gasteiger partial charge in [0.05, 0.1) is 29.4 Å². The molecule has 4 aromatic heterocycles. The predicted octanol–water partition coefficient (Wildman–Crippen LogP) is 3.66. The number of aromatic nitrogens is 4. The number of anilines is 1. The molecule has 0 aromatic carbocycles. The third-order valence-electron chi connectivity index (χ3n) is 4.73. The van der Waals surface area contributed by atoms with Crippen LogP contribution < -0.4 is 10.5 Å². The van der Waals surface area contributed by atoms with Crippen LogP contribution in [0.4, 0.5) is 5.82 Å². The van der Waals surface area contributed by atoms with E-state index < -0.39 is 5.97 Å². The number of hydrogen-bond acceptors (Lipinski definition) is 8. The van der Waals surface area contributed by atoms with Crippen molar-refractivity contribution < 1.29 is 14.3 Å². The molecule has 0 bridgehead atoms. The van der Waals surface area contributed by atoms with Crippen LogP contribution in [0.2, 0.25) is 0 Å². The van der Waals surface area contributed by atoms with Crippen LogP contribution in [0.3, 0.4) is 0 Å². The van der Waals surface area contributed by atoms with E-state index in [2.05, 4.69) is 19.9 Å². The zero-order chi connectivity index (χ0) is 20.0. The maximum absolute atomic E-state index is 12.2. The Morgan fingerprint density at radius 1 is 1.24 bits per heavy atom. The van der Waals surface area contributed by atoms with E-state index in [1.165, 1.54) is 24.6 Å². The number of methoxy groups -OCH3 is 1. The molecule has 3 N–H and O–H groups in total. The van der Waals surface area contributed by atoms with Crippen molar-refractivity contribution in [3.05, 3.63) is 41.7 Å². The third kappa shape index (κ3) is 3.19. The molecule has 0 saturated heterocycles. The number of thiazole rings is 1. The minimum Gasteiger partial charge on any atom is -0.474 e. The summed E-state index contributed by atoms with van der Waals surface area (Å²) < 4.78 is 10.9. The zero-order valence-corrected chi connectivity index (χ0v) is 16.3. The summed E-state index contributed by atoms with van der Waals surface area (Å²) in [6, 6.07) is 3.83. The van der Waals surface area contributed by atoms with Crippen LogP contribution in [-0.2, 0) is 4.74 Å². The van der Waals surface area contributed by atoms with Crippen LogP contribution in [0.5, 0.6) is 5.88 Å². The van der Waals surface area contributed by atoms with Crippen LogP contribution in [0.15, 0.2) is 36.1 Å². The average Bonchev–Trinajstić information content (AvgIpc) is 3.21. The fraction of sp³-hybridized carbons (Fsp3) is 0.200. The monoisotopic (exact) mass is 407 g/mol. The number of hydrogen-bond donors (Lipinski definition) is 2. The van der Waals surface area contributed by atoms with Crippen LogP contribution in [-0.4, -0.2) is 39.1 Å². The molecule has 146 valence electrons. The second kappa shape index (κ2) is 6.85. The molecule has 9 heteroatoms. The van der Waals surface area contributed by atoms with Crippen molar-refractivity contribution in [3.63, 3.8) is 0 Å². The number of carbonyl (C=O) groups is 1. The summed E-state index contributed by atoms with van der Waals surface area (Å²) in [6.45, 7) is 0. The summed E-state index contributed by atoms with van der Waals surface area (Å²) in [5.74, 6) is 0.357. The molecular weight excluding hydrogens is 390 g/mol. The zero-order valence-electron chi connectivity index (χ0n) is 15.5. The smallest absolute Gasteiger partial charge is 0.340 e. The summed E-state index contributed by atoms with van der Waals surface area (Å²) in [7, 11) is 1.33. The van der Waals surface area contributed by atoms with E-state index in [-0.39, 0.29) is 6.10 Å². The highest BCUT2D eigenvalue weighted by Crippen LogP contribution is 2.38. The fourth-order valence-electron chi connectivity index (χ4n) is 3.12. The Balaban J connectivity index is 1.69. The molecule has 1 aliphatic rings. The van der Waals surface area contributed by atoms with Gasteiger partial charge in [-0.15, -0.1) is 11.3 Å². The molecule has 0 atom stereocenters. The number of nitrogens with one attached hydrogen (secondary N) is 1. The molecule has 4 heterocycles. The van der Waals surface area contributed by atoms with E-state index in [9.17, 15) is 4.79 Å². The number of H-pyrrole nitrogens is 1. The molecule has 0 spiro atoms. The number of aromatic amines is 1. The highest BCUT2D eigenvalue weighted by atomic mass is 32.1. The SMILES string of the molecule is COC(=O)c1cnc(N)c2[nH]c(-c3cc(-c4nccs4)cnc3OC3CC3)cc12. The van der Waals surface area contributed by atoms with Crippen molar-refractivity contribution in [2.24, 2.45) is 0 Å². The van der Waals surface area contributed by atoms with Gasteiger partial charge in [-0.2, -0.15) is 0 Å². The number of nitrogen functional groups attached to an aromatic ring is 1. The average molecular weight is 407 g/mol. The summed E-state index contributed by atoms with van der Waals surface area (Å²) in [4.78, 5) is 28.4. The van der Waals surface area contributed by atoms with Gasteiger partial charge >= 0.3 is 5.97 Å². The Morgan fingerprint density at radius 3 is 2.83 bits per heavy atom. The number of fused-ring (bicyclic) bond motifs is 1. The van der Waals surface area contributed by atoms with E-state index in [0.29, 0.717) is 28.2 Å². The molecule has 0 unspecified atom stereocenters. The lowest BCUT2D eigenvalue weighted by Crippen LogP contribution is -2.03. The standard InChI is InChI=1S/C20H17N5O3S/c1-27-20(26)14-9-23-17(21)16-12(14)7-15(25-16)13-6-10(19-22-4-5-29-19)8-24-18(13)28-11-2-3-11/h4-9,11,25H,2-3H2,1H3,(H2,21,23). The fourth-order valence-corrected chi connectivity index (χ4v) is 3.74. The maximum Gasteiger partial charge on any atom is 0.340 e. The molecule has 4 aromatic rings. The van der Waals surface area contributed by atoms with E-state index in [1.54, 1.807) is 12.4 Å². The summed E-state index contributed by atoms with van der Waals surface area (Å²) in [5, 5.41) is 3.42. The van der Waals surface area contributed by atoms with Crippen LogP contribution in [0, 0.1) is 0 Å². The van der Waals surface area contributed by atoms with E-state index in [0.717, 1.165) is 34.7 Å². The lowest BCUT2D eigenvalue weighted by atomic mass is 10.1. The Bertz CT molecular complexity index is 1210. The van der Waals surface area contributed by atoms with Gasteiger partial charge in [0.15, 0.2) is 0 Å². The first kappa shape index (κ1) is 17.6. The molecule has 0 aliphatic heterocycles. The molecule has 1 saturated carbocycles. The maximum atomic E-state index is 12.2. The molecule has 8 nitrogen and oxygen atoms in total. The van der Waals surface area contributed by atoms with Crippen molar-refractivity contribution in [2.75, 3.05) is 12.8 Å². The molecule has 29 heavy (non-hydrogen) atoms. The van der Waals surface area contributed by atoms with Gasteiger partial charge < -0.3 is 20.2 Å². The topological polar surface area (TPSA) is 116 Å². The Kier molecular flexibility index (Phi) is 4.17. The van der Waals surface area contributed by atoms with Gasteiger partial charge in [0.1, 0.15) is 16.9 Å². The van der Waals surface area contributed by atoms with Crippen LogP contribution in [0.25, 0.3) is 32.7 Å². The molecule has 0 radical (unpaired) electrons. The van der Waals surface area contributed by atoms with Gasteiger partial charge in [-0.3, -0.25) is 0 Å². The molecule has 1 aliphatic carbocycles. The minimum atomic E-state index is -0.475. The van der Waals surface area contributed by atoms with Crippen molar-refractivity contribution >= 4 is 34.0 Å². The summed E-state index contributed by atoms with van der Waals surface area (Å²) in [5.41, 5.74) is 9.34. The summed E-state index contributed by atoms with van der Waals surface area (Å²) in [6.07, 6.45) is 7.17. The predicted molar refractivity (Wildman–Crippen MR) is 110 cm³/mol. The van der Waals surface area contributed by atoms with Crippen LogP contribution >= 0.6 is 11.3 Å². The minimum absolute atomic E-state index is 0.189. The van der Waals surface area contributed by atoms with E-state index in [1.807, 2.05) is 17.5 Å². The number of rotatable bonds is 5. The number of carbonyl (C=O) groups excluding carboxylic acids is 1. The van der Waals surface area contributed by atoms with Gasteiger partial charge in [-0.1, -0.05) is 0 Å². The normalized spacial score (nSPS) is 13.6. The lowest BCUT2D eigenvalue weighted by molar-refractivity contribution is 0.0602. The number of esters is 1. The van der Waals surface area contributed by atoms with Gasteiger partial charge in [-0.25, -0.2) is 19.7 Å². The van der Waals surface area contributed by atoms with Crippen molar-refractivity contribution in [1.29, 1.82) is 0 Å². The van der Waals surface area contributed by atoms with Crippen LogP contribution in [0.1, 0.15) is 23.2 Å². The van der Waals surface area contributed by atoms with Gasteiger partial charge in [0, 0.05) is 34.9 Å². The van der Waals surface area contributed by atoms with Crippen molar-refractivity contribution in [1.82, 2.24) is 19.9 Å². The van der Waals surface area contributed by atoms with Gasteiger partial charge in [-0.05, 0) is 25.0 Å². The first-order valence-corrected chi connectivity index (χ1v) is 9.94. The number of nitrogens with two attached hydrogens (primary N) is 1. The Labute approximate surface area is 169 Å². The molecule has 5 rings (SSSR count). The summed E-state index contributed by atoms with van der Waals surface area (Å²) >= 11 is 1.54. The highest BCUT2D eigenvalue weighted by molar-refractivity contribution is 7.13. The van der Waals surface area contributed by atoms with E-state index in [4.69, 9.17) is 15.2 Å². The third-order valence-corrected chi connectivity index (χ3v) is 5.55. The number of nitrogens with zero attached hydrogens (tertiary/aromatic N) is 3. The second-order valence-corrected chi connectivity index (χ2v) is 7.65.